The predicted octanol–water partition coefficient (Wildman–Crippen LogP) is 9.77. The van der Waals surface area contributed by atoms with Crippen LogP contribution in [0.5, 0.6) is 0 Å². The highest BCUT2D eigenvalue weighted by Gasteiger charge is 2.35. The van der Waals surface area contributed by atoms with Crippen molar-refractivity contribution in [3.8, 4) is 0 Å². The molecule has 0 aliphatic heterocycles. The van der Waals surface area contributed by atoms with Crippen LogP contribution in [0.25, 0.3) is 0 Å². The molecular formula is C31H46F2. The number of aryl methyl sites for hydroxylation is 1. The predicted molar refractivity (Wildman–Crippen MR) is 135 cm³/mol. The Morgan fingerprint density at radius 1 is 0.727 bits per heavy atom. The summed E-state index contributed by atoms with van der Waals surface area (Å²) < 4.78 is 29.4. The molecule has 0 bridgehead atoms. The highest BCUT2D eigenvalue weighted by molar-refractivity contribution is 5.29. The second kappa shape index (κ2) is 12.0. The van der Waals surface area contributed by atoms with Crippen molar-refractivity contribution in [2.45, 2.75) is 116 Å². The summed E-state index contributed by atoms with van der Waals surface area (Å²) in [5.41, 5.74) is 1.20. The van der Waals surface area contributed by atoms with Gasteiger partial charge in [-0.05, 0) is 143 Å². The van der Waals surface area contributed by atoms with E-state index in [0.29, 0.717) is 17.5 Å². The lowest BCUT2D eigenvalue weighted by Crippen LogP contribution is -2.29. The minimum atomic E-state index is -0.582. The summed E-state index contributed by atoms with van der Waals surface area (Å²) in [5, 5.41) is 0. The van der Waals surface area contributed by atoms with E-state index in [1.807, 2.05) is 12.1 Å². The molecule has 184 valence electrons. The number of allylic oxidation sites excluding steroid dienone is 2. The topological polar surface area (TPSA) is 0 Å². The third-order valence-electron chi connectivity index (χ3n) is 9.63. The number of halogens is 2. The Morgan fingerprint density at radius 2 is 1.24 bits per heavy atom. The van der Waals surface area contributed by atoms with Gasteiger partial charge in [-0.2, -0.15) is 0 Å². The first-order valence-corrected chi connectivity index (χ1v) is 14.2. The maximum absolute atomic E-state index is 14.8. The molecule has 4 rings (SSSR count). The van der Waals surface area contributed by atoms with Crippen molar-refractivity contribution in [2.24, 2.45) is 29.6 Å². The van der Waals surface area contributed by atoms with Gasteiger partial charge in [0.15, 0.2) is 11.6 Å². The van der Waals surface area contributed by atoms with Crippen LogP contribution < -0.4 is 0 Å². The first-order chi connectivity index (χ1) is 16.1. The van der Waals surface area contributed by atoms with E-state index in [1.165, 1.54) is 64.2 Å². The van der Waals surface area contributed by atoms with Gasteiger partial charge in [-0.1, -0.05) is 37.6 Å². The van der Waals surface area contributed by atoms with Crippen LogP contribution in [0.3, 0.4) is 0 Å². The fourth-order valence-electron chi connectivity index (χ4n) is 7.55. The van der Waals surface area contributed by atoms with Crippen molar-refractivity contribution in [1.29, 1.82) is 0 Å². The molecule has 3 aliphatic carbocycles. The van der Waals surface area contributed by atoms with E-state index in [9.17, 15) is 8.78 Å². The second-order valence-corrected chi connectivity index (χ2v) is 11.5. The SMILES string of the molecule is CC=CC1CCC(C2CCC(C3CCC(c4ccc(CCCC)c(F)c4F)CC3)CC2)CC1. The number of benzene rings is 1. The molecule has 3 saturated carbocycles. The van der Waals surface area contributed by atoms with E-state index in [4.69, 9.17) is 0 Å². The summed E-state index contributed by atoms with van der Waals surface area (Å²) >= 11 is 0. The van der Waals surface area contributed by atoms with Crippen LogP contribution >= 0.6 is 0 Å². The largest absolute Gasteiger partial charge is 0.203 e. The average molecular weight is 457 g/mol. The summed E-state index contributed by atoms with van der Waals surface area (Å²) in [4.78, 5) is 0. The van der Waals surface area contributed by atoms with Gasteiger partial charge in [0.2, 0.25) is 0 Å². The monoisotopic (exact) mass is 456 g/mol. The average Bonchev–Trinajstić information content (AvgIpc) is 2.86. The minimum Gasteiger partial charge on any atom is -0.203 e. The van der Waals surface area contributed by atoms with Crippen LogP contribution in [0, 0.1) is 41.2 Å². The Hall–Kier alpha value is -1.18. The normalized spacial score (nSPS) is 33.5. The molecular weight excluding hydrogens is 410 g/mol. The van der Waals surface area contributed by atoms with E-state index < -0.39 is 11.6 Å². The molecule has 0 atom stereocenters. The third-order valence-corrected chi connectivity index (χ3v) is 9.63. The van der Waals surface area contributed by atoms with Gasteiger partial charge in [-0.15, -0.1) is 0 Å². The molecule has 0 N–H and O–H groups in total. The van der Waals surface area contributed by atoms with Crippen LogP contribution in [-0.2, 0) is 6.42 Å². The Bertz CT molecular complexity index is 757. The third kappa shape index (κ3) is 6.09. The zero-order valence-electron chi connectivity index (χ0n) is 21.1. The van der Waals surface area contributed by atoms with Gasteiger partial charge in [-0.3, -0.25) is 0 Å². The molecule has 2 heteroatoms. The maximum Gasteiger partial charge on any atom is 0.162 e. The first kappa shape index (κ1) is 24.9. The van der Waals surface area contributed by atoms with Crippen LogP contribution in [0.1, 0.15) is 121 Å². The molecule has 0 aromatic heterocycles. The van der Waals surface area contributed by atoms with Crippen LogP contribution in [0.2, 0.25) is 0 Å². The number of hydrogen-bond donors (Lipinski definition) is 0. The van der Waals surface area contributed by atoms with E-state index in [1.54, 1.807) is 0 Å². The fraction of sp³-hybridized carbons (Fsp3) is 0.742. The molecule has 3 fully saturated rings. The molecule has 0 nitrogen and oxygen atoms in total. The van der Waals surface area contributed by atoms with E-state index in [0.717, 1.165) is 55.3 Å². The molecule has 0 heterocycles. The van der Waals surface area contributed by atoms with Crippen molar-refractivity contribution in [3.05, 3.63) is 47.0 Å². The van der Waals surface area contributed by atoms with Gasteiger partial charge >= 0.3 is 0 Å². The summed E-state index contributed by atoms with van der Waals surface area (Å²) in [7, 11) is 0. The summed E-state index contributed by atoms with van der Waals surface area (Å²) in [6.45, 7) is 4.24. The molecule has 0 saturated heterocycles. The molecule has 3 aliphatic rings. The van der Waals surface area contributed by atoms with Crippen molar-refractivity contribution in [3.63, 3.8) is 0 Å². The van der Waals surface area contributed by atoms with Gasteiger partial charge < -0.3 is 0 Å². The highest BCUT2D eigenvalue weighted by Crippen LogP contribution is 2.47. The first-order valence-electron chi connectivity index (χ1n) is 14.2. The van der Waals surface area contributed by atoms with E-state index >= 15 is 0 Å². The molecule has 0 radical (unpaired) electrons. The van der Waals surface area contributed by atoms with Gasteiger partial charge in [0.25, 0.3) is 0 Å². The number of unbranched alkanes of at least 4 members (excludes halogenated alkanes) is 1. The van der Waals surface area contributed by atoms with Gasteiger partial charge in [0.1, 0.15) is 0 Å². The highest BCUT2D eigenvalue weighted by atomic mass is 19.2. The molecule has 33 heavy (non-hydrogen) atoms. The molecule has 1 aromatic rings. The number of hydrogen-bond acceptors (Lipinski definition) is 0. The van der Waals surface area contributed by atoms with Crippen molar-refractivity contribution >= 4 is 0 Å². The molecule has 0 spiro atoms. The summed E-state index contributed by atoms with van der Waals surface area (Å²) in [6, 6.07) is 3.74. The molecule has 0 amide bonds. The van der Waals surface area contributed by atoms with Crippen molar-refractivity contribution < 1.29 is 8.78 Å². The lowest BCUT2D eigenvalue weighted by atomic mass is 9.64. The zero-order chi connectivity index (χ0) is 23.2. The Kier molecular flexibility index (Phi) is 9.05. The summed E-state index contributed by atoms with van der Waals surface area (Å²) in [6.07, 6.45) is 23.0. The maximum atomic E-state index is 14.8. The lowest BCUT2D eigenvalue weighted by molar-refractivity contribution is 0.114. The smallest absolute Gasteiger partial charge is 0.162 e. The van der Waals surface area contributed by atoms with Gasteiger partial charge in [-0.25, -0.2) is 8.78 Å². The van der Waals surface area contributed by atoms with Crippen LogP contribution in [0.15, 0.2) is 24.3 Å². The Morgan fingerprint density at radius 3 is 1.76 bits per heavy atom. The molecule has 0 unspecified atom stereocenters. The Balaban J connectivity index is 1.24. The van der Waals surface area contributed by atoms with E-state index in [2.05, 4.69) is 26.0 Å². The van der Waals surface area contributed by atoms with E-state index in [-0.39, 0.29) is 5.92 Å². The lowest BCUT2D eigenvalue weighted by Gasteiger charge is -2.41. The van der Waals surface area contributed by atoms with Crippen LogP contribution in [-0.4, -0.2) is 0 Å². The van der Waals surface area contributed by atoms with Crippen molar-refractivity contribution in [1.82, 2.24) is 0 Å². The van der Waals surface area contributed by atoms with Crippen LogP contribution in [0.4, 0.5) is 8.78 Å². The second-order valence-electron chi connectivity index (χ2n) is 11.5. The van der Waals surface area contributed by atoms with Crippen molar-refractivity contribution in [2.75, 3.05) is 0 Å². The Labute approximate surface area is 201 Å². The minimum absolute atomic E-state index is 0.208. The van der Waals surface area contributed by atoms with Gasteiger partial charge in [0.05, 0.1) is 0 Å². The summed E-state index contributed by atoms with van der Waals surface area (Å²) in [5.74, 6) is 3.53. The number of rotatable bonds is 7. The molecule has 1 aromatic carbocycles. The standard InChI is InChI=1S/C31H46F2/c1-3-5-7-28-20-21-29(31(33)30(28)32)27-18-16-26(17-19-27)25-14-12-24(13-15-25)23-10-8-22(6-4-2)9-11-23/h4,6,20-27H,3,5,7-19H2,1-2H3. The quantitative estimate of drug-likeness (QED) is 0.358. The zero-order valence-corrected chi connectivity index (χ0v) is 21.1. The van der Waals surface area contributed by atoms with Gasteiger partial charge in [0, 0.05) is 0 Å². The fourth-order valence-corrected chi connectivity index (χ4v) is 7.55.